The van der Waals surface area contributed by atoms with E-state index in [2.05, 4.69) is 28.5 Å². The van der Waals surface area contributed by atoms with Crippen LogP contribution in [0.3, 0.4) is 0 Å². The minimum atomic E-state index is 0.611. The first kappa shape index (κ1) is 13.7. The maximum absolute atomic E-state index is 6.02. The molecule has 4 heteroatoms. The number of nitrogens with zero attached hydrogens (tertiary/aromatic N) is 1. The van der Waals surface area contributed by atoms with Gasteiger partial charge in [0.05, 0.1) is 17.6 Å². The summed E-state index contributed by atoms with van der Waals surface area (Å²) >= 11 is 6.02. The average Bonchev–Trinajstić information content (AvgIpc) is 2.54. The molecule has 0 bridgehead atoms. The van der Waals surface area contributed by atoms with Crippen molar-refractivity contribution in [2.24, 2.45) is 0 Å². The van der Waals surface area contributed by atoms with Gasteiger partial charge in [0.2, 0.25) is 0 Å². The van der Waals surface area contributed by atoms with Crippen LogP contribution in [-0.2, 0) is 6.54 Å². The van der Waals surface area contributed by atoms with Gasteiger partial charge >= 0.3 is 0 Å². The number of hydrogen-bond acceptors (Lipinski definition) is 3. The fraction of sp³-hybridized carbons (Fsp3) is 0.118. The van der Waals surface area contributed by atoms with Crippen LogP contribution in [0.1, 0.15) is 5.56 Å². The first-order valence-electron chi connectivity index (χ1n) is 6.67. The predicted molar refractivity (Wildman–Crippen MR) is 87.1 cm³/mol. The van der Waals surface area contributed by atoms with E-state index in [0.717, 1.165) is 23.1 Å². The topological polar surface area (TPSA) is 34.1 Å². The molecule has 1 heterocycles. The maximum atomic E-state index is 6.02. The van der Waals surface area contributed by atoms with Crippen LogP contribution in [0.5, 0.6) is 5.75 Å². The molecule has 0 aliphatic carbocycles. The van der Waals surface area contributed by atoms with E-state index >= 15 is 0 Å². The highest BCUT2D eigenvalue weighted by atomic mass is 35.5. The molecule has 21 heavy (non-hydrogen) atoms. The second kappa shape index (κ2) is 6.02. The van der Waals surface area contributed by atoms with Crippen LogP contribution in [0, 0.1) is 0 Å². The van der Waals surface area contributed by atoms with Gasteiger partial charge in [0.25, 0.3) is 0 Å². The number of methoxy groups -OCH3 is 1. The van der Waals surface area contributed by atoms with Crippen molar-refractivity contribution in [3.63, 3.8) is 0 Å². The summed E-state index contributed by atoms with van der Waals surface area (Å²) in [5.74, 6) is 0.671. The summed E-state index contributed by atoms with van der Waals surface area (Å²) in [5, 5.41) is 5.12. The molecular formula is C17H15ClN2O. The van der Waals surface area contributed by atoms with Crippen molar-refractivity contribution >= 4 is 28.2 Å². The number of fused-ring (bicyclic) bond motifs is 1. The van der Waals surface area contributed by atoms with E-state index in [1.54, 1.807) is 13.3 Å². The highest BCUT2D eigenvalue weighted by Crippen LogP contribution is 2.27. The van der Waals surface area contributed by atoms with Crippen LogP contribution in [0.2, 0.25) is 5.02 Å². The van der Waals surface area contributed by atoms with Gasteiger partial charge in [-0.25, -0.2) is 0 Å². The Hall–Kier alpha value is -2.26. The molecule has 1 aromatic heterocycles. The number of hydrogen-bond donors (Lipinski definition) is 1. The Balaban J connectivity index is 1.76. The standard InChI is InChI=1S/C17H15ClN2O/c1-21-17-10-14(5-6-15(17)18)20-11-12-4-7-16-13(9-12)3-2-8-19-16/h2-10,20H,11H2,1H3. The van der Waals surface area contributed by atoms with Crippen LogP contribution in [0.4, 0.5) is 5.69 Å². The zero-order valence-corrected chi connectivity index (χ0v) is 12.4. The van der Waals surface area contributed by atoms with Gasteiger partial charge in [0, 0.05) is 29.9 Å². The highest BCUT2D eigenvalue weighted by molar-refractivity contribution is 6.32. The monoisotopic (exact) mass is 298 g/mol. The molecule has 3 nitrogen and oxygen atoms in total. The predicted octanol–water partition coefficient (Wildman–Crippen LogP) is 4.51. The number of rotatable bonds is 4. The number of anilines is 1. The summed E-state index contributed by atoms with van der Waals surface area (Å²) < 4.78 is 5.22. The molecule has 0 atom stereocenters. The van der Waals surface area contributed by atoms with E-state index in [0.29, 0.717) is 10.8 Å². The molecule has 0 aliphatic rings. The first-order valence-corrected chi connectivity index (χ1v) is 7.05. The van der Waals surface area contributed by atoms with E-state index in [4.69, 9.17) is 16.3 Å². The Morgan fingerprint density at radius 1 is 1.14 bits per heavy atom. The second-order valence-electron chi connectivity index (χ2n) is 4.73. The maximum Gasteiger partial charge on any atom is 0.139 e. The van der Waals surface area contributed by atoms with Gasteiger partial charge < -0.3 is 10.1 Å². The molecule has 0 fully saturated rings. The van der Waals surface area contributed by atoms with Gasteiger partial charge in [-0.1, -0.05) is 23.7 Å². The van der Waals surface area contributed by atoms with Gasteiger partial charge in [0.1, 0.15) is 5.75 Å². The van der Waals surface area contributed by atoms with Gasteiger partial charge in [-0.05, 0) is 35.9 Å². The lowest BCUT2D eigenvalue weighted by atomic mass is 10.1. The van der Waals surface area contributed by atoms with Crippen LogP contribution < -0.4 is 10.1 Å². The van der Waals surface area contributed by atoms with Gasteiger partial charge in [-0.2, -0.15) is 0 Å². The number of nitrogens with one attached hydrogen (secondary N) is 1. The lowest BCUT2D eigenvalue weighted by molar-refractivity contribution is 0.415. The minimum absolute atomic E-state index is 0.611. The van der Waals surface area contributed by atoms with Crippen molar-refractivity contribution < 1.29 is 4.74 Å². The molecule has 1 N–H and O–H groups in total. The highest BCUT2D eigenvalue weighted by Gasteiger charge is 2.02. The molecule has 0 aliphatic heterocycles. The normalized spacial score (nSPS) is 10.6. The van der Waals surface area contributed by atoms with Gasteiger partial charge in [-0.15, -0.1) is 0 Å². The fourth-order valence-corrected chi connectivity index (χ4v) is 2.40. The van der Waals surface area contributed by atoms with E-state index in [-0.39, 0.29) is 0 Å². The molecule has 0 spiro atoms. The van der Waals surface area contributed by atoms with Crippen LogP contribution in [0.25, 0.3) is 10.9 Å². The van der Waals surface area contributed by atoms with E-state index in [9.17, 15) is 0 Å². The van der Waals surface area contributed by atoms with Crippen LogP contribution >= 0.6 is 11.6 Å². The third-order valence-corrected chi connectivity index (χ3v) is 3.63. The Kier molecular flexibility index (Phi) is 3.93. The largest absolute Gasteiger partial charge is 0.495 e. The Morgan fingerprint density at radius 3 is 2.90 bits per heavy atom. The lowest BCUT2D eigenvalue weighted by Gasteiger charge is -2.10. The van der Waals surface area contributed by atoms with Crippen molar-refractivity contribution in [3.8, 4) is 5.75 Å². The summed E-state index contributed by atoms with van der Waals surface area (Å²) in [7, 11) is 1.61. The summed E-state index contributed by atoms with van der Waals surface area (Å²) in [5.41, 5.74) is 3.18. The Morgan fingerprint density at radius 2 is 2.05 bits per heavy atom. The van der Waals surface area contributed by atoms with Crippen molar-refractivity contribution in [2.45, 2.75) is 6.54 Å². The molecule has 0 radical (unpaired) electrons. The molecule has 0 unspecified atom stereocenters. The summed E-state index contributed by atoms with van der Waals surface area (Å²) in [6.45, 7) is 0.732. The zero-order chi connectivity index (χ0) is 14.7. The summed E-state index contributed by atoms with van der Waals surface area (Å²) in [6, 6.07) is 15.9. The summed E-state index contributed by atoms with van der Waals surface area (Å²) in [4.78, 5) is 4.32. The smallest absolute Gasteiger partial charge is 0.139 e. The Bertz CT molecular complexity index is 774. The van der Waals surface area contributed by atoms with Gasteiger partial charge in [-0.3, -0.25) is 4.98 Å². The average molecular weight is 299 g/mol. The Labute approximate surface area is 128 Å². The molecule has 3 aromatic rings. The number of aromatic nitrogens is 1. The minimum Gasteiger partial charge on any atom is -0.495 e. The van der Waals surface area contributed by atoms with Crippen molar-refractivity contribution in [1.82, 2.24) is 4.98 Å². The second-order valence-corrected chi connectivity index (χ2v) is 5.14. The third kappa shape index (κ3) is 3.09. The van der Waals surface area contributed by atoms with Crippen molar-refractivity contribution in [2.75, 3.05) is 12.4 Å². The van der Waals surface area contributed by atoms with Crippen LogP contribution in [-0.4, -0.2) is 12.1 Å². The molecule has 0 saturated carbocycles. The van der Waals surface area contributed by atoms with Crippen molar-refractivity contribution in [3.05, 3.63) is 65.3 Å². The SMILES string of the molecule is COc1cc(NCc2ccc3ncccc3c2)ccc1Cl. The van der Waals surface area contributed by atoms with Crippen LogP contribution in [0.15, 0.2) is 54.7 Å². The molecular weight excluding hydrogens is 284 g/mol. The van der Waals surface area contributed by atoms with E-state index < -0.39 is 0 Å². The fourth-order valence-electron chi connectivity index (χ4n) is 2.21. The quantitative estimate of drug-likeness (QED) is 0.769. The molecule has 2 aromatic carbocycles. The number of ether oxygens (including phenoxy) is 1. The van der Waals surface area contributed by atoms with Gasteiger partial charge in [0.15, 0.2) is 0 Å². The molecule has 106 valence electrons. The zero-order valence-electron chi connectivity index (χ0n) is 11.6. The molecule has 0 saturated heterocycles. The third-order valence-electron chi connectivity index (χ3n) is 3.32. The molecule has 3 rings (SSSR count). The number of pyridine rings is 1. The summed E-state index contributed by atoms with van der Waals surface area (Å²) in [6.07, 6.45) is 1.81. The van der Waals surface area contributed by atoms with Crippen molar-refractivity contribution in [1.29, 1.82) is 0 Å². The number of benzene rings is 2. The van der Waals surface area contributed by atoms with E-state index in [1.165, 1.54) is 5.56 Å². The lowest BCUT2D eigenvalue weighted by Crippen LogP contribution is -1.99. The number of halogens is 1. The molecule has 0 amide bonds. The van der Waals surface area contributed by atoms with E-state index in [1.807, 2.05) is 30.3 Å². The first-order chi connectivity index (χ1) is 10.3.